The van der Waals surface area contributed by atoms with Crippen molar-refractivity contribution in [3.05, 3.63) is 83.2 Å². The fourth-order valence-corrected chi connectivity index (χ4v) is 3.63. The number of pyridine rings is 1. The van der Waals surface area contributed by atoms with Gasteiger partial charge in [0.1, 0.15) is 0 Å². The van der Waals surface area contributed by atoms with Crippen LogP contribution in [0.1, 0.15) is 11.1 Å². The van der Waals surface area contributed by atoms with E-state index in [-0.39, 0.29) is 18.7 Å². The van der Waals surface area contributed by atoms with Crippen molar-refractivity contribution in [3.63, 3.8) is 0 Å². The van der Waals surface area contributed by atoms with Gasteiger partial charge in [0.2, 0.25) is 0 Å². The minimum atomic E-state index is -1.30. The number of aliphatic hydroxyl groups excluding tert-OH is 1. The highest BCUT2D eigenvalue weighted by Crippen LogP contribution is 2.24. The predicted molar refractivity (Wildman–Crippen MR) is 130 cm³/mol. The Labute approximate surface area is 201 Å². The number of nitrogens with one attached hydrogen (secondary N) is 1. The van der Waals surface area contributed by atoms with Crippen LogP contribution in [0.2, 0.25) is 0 Å². The number of carbonyl (C=O) groups is 1. The second-order valence-corrected chi connectivity index (χ2v) is 8.08. The summed E-state index contributed by atoms with van der Waals surface area (Å²) in [7, 11) is 3.92. The van der Waals surface area contributed by atoms with Crippen LogP contribution in [-0.2, 0) is 11.3 Å². The van der Waals surface area contributed by atoms with Gasteiger partial charge in [-0.1, -0.05) is 17.9 Å². The predicted octanol–water partition coefficient (Wildman–Crippen LogP) is 2.79. The molecule has 4 rings (SSSR count). The Kier molecular flexibility index (Phi) is 7.03. The molecule has 0 aliphatic carbocycles. The molecule has 7 nitrogen and oxygen atoms in total. The molecule has 0 spiro atoms. The molecule has 178 valence electrons. The smallest absolute Gasteiger partial charge is 0.254 e. The van der Waals surface area contributed by atoms with Crippen LogP contribution >= 0.6 is 0 Å². The molecule has 2 N–H and O–H groups in total. The number of carbonyl (C=O) groups excluding carboxylic acids is 1. The summed E-state index contributed by atoms with van der Waals surface area (Å²) in [6.07, 6.45) is 3.05. The lowest BCUT2D eigenvalue weighted by Crippen LogP contribution is -2.42. The van der Waals surface area contributed by atoms with Crippen molar-refractivity contribution >= 4 is 28.8 Å². The van der Waals surface area contributed by atoms with Crippen molar-refractivity contribution in [1.82, 2.24) is 15.2 Å². The first-order chi connectivity index (χ1) is 16.8. The van der Waals surface area contributed by atoms with Gasteiger partial charge in [0, 0.05) is 49.7 Å². The summed E-state index contributed by atoms with van der Waals surface area (Å²) in [6.45, 7) is 0.0967. The SMILES string of the molecule is CN(C)c1ccnc2ccc(C#CCNC(=O)C3=CN=CN(Cc4ccc(F)c(F)c4)C3O)cc12. The fourth-order valence-electron chi connectivity index (χ4n) is 3.63. The van der Waals surface area contributed by atoms with Gasteiger partial charge < -0.3 is 20.2 Å². The lowest BCUT2D eigenvalue weighted by molar-refractivity contribution is -0.119. The molecule has 0 fully saturated rings. The summed E-state index contributed by atoms with van der Waals surface area (Å²) in [5.74, 6) is 3.46. The third-order valence-corrected chi connectivity index (χ3v) is 5.40. The van der Waals surface area contributed by atoms with Crippen LogP contribution in [-0.4, -0.2) is 54.1 Å². The number of halogens is 2. The van der Waals surface area contributed by atoms with E-state index >= 15 is 0 Å². The van der Waals surface area contributed by atoms with E-state index in [0.717, 1.165) is 34.3 Å². The minimum Gasteiger partial charge on any atom is -0.377 e. The van der Waals surface area contributed by atoms with Gasteiger partial charge in [0.25, 0.3) is 5.91 Å². The molecule has 3 aromatic rings. The molecular formula is C26H23F2N5O2. The molecule has 1 aliphatic rings. The highest BCUT2D eigenvalue weighted by Gasteiger charge is 2.26. The summed E-state index contributed by atoms with van der Waals surface area (Å²) in [6, 6.07) is 11.1. The third-order valence-electron chi connectivity index (χ3n) is 5.40. The van der Waals surface area contributed by atoms with Crippen LogP contribution in [0.3, 0.4) is 0 Å². The van der Waals surface area contributed by atoms with Crippen molar-refractivity contribution < 1.29 is 18.7 Å². The molecule has 0 bridgehead atoms. The first-order valence-corrected chi connectivity index (χ1v) is 10.8. The Hall–Kier alpha value is -4.29. The number of hydrogen-bond donors (Lipinski definition) is 2. The Balaban J connectivity index is 1.38. The molecular weight excluding hydrogens is 452 g/mol. The minimum absolute atomic E-state index is 0.0179. The lowest BCUT2D eigenvalue weighted by Gasteiger charge is -2.29. The zero-order valence-electron chi connectivity index (χ0n) is 19.2. The Bertz CT molecular complexity index is 1390. The van der Waals surface area contributed by atoms with Crippen LogP contribution in [0.15, 0.2) is 65.4 Å². The summed E-state index contributed by atoms with van der Waals surface area (Å²) >= 11 is 0. The van der Waals surface area contributed by atoms with Crippen LogP contribution in [0.4, 0.5) is 14.5 Å². The molecule has 1 aliphatic heterocycles. The molecule has 9 heteroatoms. The van der Waals surface area contributed by atoms with Crippen LogP contribution in [0.5, 0.6) is 0 Å². The van der Waals surface area contributed by atoms with E-state index in [9.17, 15) is 18.7 Å². The molecule has 1 amide bonds. The number of hydrogen-bond acceptors (Lipinski definition) is 6. The number of rotatable bonds is 5. The van der Waals surface area contributed by atoms with E-state index < -0.39 is 23.8 Å². The van der Waals surface area contributed by atoms with Gasteiger partial charge in [-0.2, -0.15) is 0 Å². The molecule has 1 aromatic heterocycles. The average molecular weight is 475 g/mol. The van der Waals surface area contributed by atoms with E-state index in [4.69, 9.17) is 0 Å². The molecule has 1 unspecified atom stereocenters. The van der Waals surface area contributed by atoms with E-state index in [0.29, 0.717) is 5.56 Å². The second-order valence-electron chi connectivity index (χ2n) is 8.08. The normalized spacial score (nSPS) is 14.8. The molecule has 35 heavy (non-hydrogen) atoms. The zero-order valence-corrected chi connectivity index (χ0v) is 19.2. The van der Waals surface area contributed by atoms with E-state index in [1.54, 1.807) is 6.20 Å². The Morgan fingerprint density at radius 3 is 2.77 bits per heavy atom. The number of aliphatic imine (C=N–C) groups is 1. The molecule has 2 aromatic carbocycles. The van der Waals surface area contributed by atoms with E-state index in [1.807, 2.05) is 43.3 Å². The van der Waals surface area contributed by atoms with E-state index in [2.05, 4.69) is 27.1 Å². The molecule has 1 atom stereocenters. The lowest BCUT2D eigenvalue weighted by atomic mass is 10.1. The van der Waals surface area contributed by atoms with Gasteiger partial charge >= 0.3 is 0 Å². The van der Waals surface area contributed by atoms with Gasteiger partial charge in [-0.15, -0.1) is 0 Å². The summed E-state index contributed by atoms with van der Waals surface area (Å²) in [5, 5.41) is 14.2. The van der Waals surface area contributed by atoms with E-state index in [1.165, 1.54) is 23.5 Å². The number of fused-ring (bicyclic) bond motifs is 1. The second kappa shape index (κ2) is 10.3. The summed E-state index contributed by atoms with van der Waals surface area (Å²) < 4.78 is 26.6. The Morgan fingerprint density at radius 2 is 2.00 bits per heavy atom. The zero-order chi connectivity index (χ0) is 24.9. The maximum absolute atomic E-state index is 13.5. The first kappa shape index (κ1) is 23.9. The first-order valence-electron chi connectivity index (χ1n) is 10.8. The maximum atomic E-state index is 13.5. The molecule has 0 saturated carbocycles. The van der Waals surface area contributed by atoms with Gasteiger partial charge in [-0.25, -0.2) is 13.8 Å². The average Bonchev–Trinajstić information content (AvgIpc) is 2.84. The van der Waals surface area contributed by atoms with Crippen molar-refractivity contribution in [3.8, 4) is 11.8 Å². The molecule has 0 saturated heterocycles. The fraction of sp³-hybridized carbons (Fsp3) is 0.192. The maximum Gasteiger partial charge on any atom is 0.254 e. The molecule has 2 heterocycles. The highest BCUT2D eigenvalue weighted by molar-refractivity contribution is 5.95. The topological polar surface area (TPSA) is 81.1 Å². The van der Waals surface area contributed by atoms with Gasteiger partial charge in [0.15, 0.2) is 17.9 Å². The van der Waals surface area contributed by atoms with Gasteiger partial charge in [0.05, 0.1) is 24.0 Å². The Morgan fingerprint density at radius 1 is 1.17 bits per heavy atom. The van der Waals surface area contributed by atoms with Crippen molar-refractivity contribution in [2.24, 2.45) is 4.99 Å². The summed E-state index contributed by atoms with van der Waals surface area (Å²) in [5.41, 5.74) is 3.11. The number of nitrogens with zero attached hydrogens (tertiary/aromatic N) is 4. The van der Waals surface area contributed by atoms with Crippen molar-refractivity contribution in [2.45, 2.75) is 12.8 Å². The van der Waals surface area contributed by atoms with Crippen molar-refractivity contribution in [1.29, 1.82) is 0 Å². The number of benzene rings is 2. The largest absolute Gasteiger partial charge is 0.377 e. The molecule has 0 radical (unpaired) electrons. The summed E-state index contributed by atoms with van der Waals surface area (Å²) in [4.78, 5) is 24.3. The monoisotopic (exact) mass is 475 g/mol. The third kappa shape index (κ3) is 5.45. The van der Waals surface area contributed by atoms with Gasteiger partial charge in [-0.05, 0) is 42.0 Å². The number of aromatic nitrogens is 1. The quantitative estimate of drug-likeness (QED) is 0.555. The number of anilines is 1. The number of aliphatic hydroxyl groups is 1. The highest BCUT2D eigenvalue weighted by atomic mass is 19.2. The van der Waals surface area contributed by atoms with Crippen molar-refractivity contribution in [2.75, 3.05) is 25.5 Å². The standard InChI is InChI=1S/C26H23F2N5O2/c1-32(2)24-9-11-30-23-8-6-17(12-19(23)24)4-3-10-31-25(34)20-14-29-16-33(26(20)35)15-18-5-7-21(27)22(28)13-18/h5-9,11-14,16,26,35H,10,15H2,1-2H3,(H,31,34). The van der Waals surface area contributed by atoms with Crippen LogP contribution < -0.4 is 10.2 Å². The van der Waals surface area contributed by atoms with Crippen LogP contribution in [0.25, 0.3) is 10.9 Å². The van der Waals surface area contributed by atoms with Crippen LogP contribution in [0, 0.1) is 23.5 Å². The van der Waals surface area contributed by atoms with Gasteiger partial charge in [-0.3, -0.25) is 9.78 Å². The number of amides is 1.